The van der Waals surface area contributed by atoms with Crippen molar-refractivity contribution in [1.82, 2.24) is 15.2 Å². The van der Waals surface area contributed by atoms with Crippen molar-refractivity contribution in [2.45, 2.75) is 32.1 Å². The monoisotopic (exact) mass is 270 g/mol. The molecule has 104 valence electrons. The smallest absolute Gasteiger partial charge is 0.225 e. The van der Waals surface area contributed by atoms with Crippen molar-refractivity contribution < 1.29 is 4.79 Å². The molecular weight excluding hydrogens is 252 g/mol. The number of hydrogen-bond donors (Lipinski definition) is 2. The van der Waals surface area contributed by atoms with E-state index in [9.17, 15) is 4.79 Å². The highest BCUT2D eigenvalue weighted by Crippen LogP contribution is 2.46. The number of carbonyl (C=O) groups is 1. The molecule has 2 heterocycles. The second-order valence-electron chi connectivity index (χ2n) is 5.40. The van der Waals surface area contributed by atoms with E-state index in [1.165, 1.54) is 6.42 Å². The van der Waals surface area contributed by atoms with Crippen molar-refractivity contribution >= 4 is 11.7 Å². The van der Waals surface area contributed by atoms with Gasteiger partial charge in [0.15, 0.2) is 5.82 Å². The van der Waals surface area contributed by atoms with Crippen LogP contribution >= 0.6 is 0 Å². The minimum atomic E-state index is -0.0300. The molecule has 2 aromatic heterocycles. The number of aromatic amines is 1. The molecule has 1 amide bonds. The summed E-state index contributed by atoms with van der Waals surface area (Å²) in [5.41, 5.74) is 2.05. The van der Waals surface area contributed by atoms with E-state index in [0.717, 1.165) is 17.3 Å². The molecule has 0 aromatic carbocycles. The molecule has 1 aliphatic carbocycles. The molecule has 1 fully saturated rings. The molecule has 0 aliphatic heterocycles. The van der Waals surface area contributed by atoms with Crippen LogP contribution in [0.4, 0.5) is 5.82 Å². The summed E-state index contributed by atoms with van der Waals surface area (Å²) in [6.07, 6.45) is 4.00. The van der Waals surface area contributed by atoms with E-state index in [1.54, 1.807) is 6.20 Å². The lowest BCUT2D eigenvalue weighted by Gasteiger charge is -2.01. The third-order valence-electron chi connectivity index (χ3n) is 3.71. The van der Waals surface area contributed by atoms with E-state index in [1.807, 2.05) is 24.3 Å². The number of amides is 1. The van der Waals surface area contributed by atoms with Crippen molar-refractivity contribution in [2.24, 2.45) is 5.92 Å². The number of pyridine rings is 1. The maximum absolute atomic E-state index is 11.9. The number of hydrogen-bond acceptors (Lipinski definition) is 3. The molecule has 2 atom stereocenters. The Morgan fingerprint density at radius 3 is 3.05 bits per heavy atom. The molecule has 2 unspecified atom stereocenters. The molecule has 5 nitrogen and oxygen atoms in total. The first-order valence-corrected chi connectivity index (χ1v) is 6.97. The first-order chi connectivity index (χ1) is 9.72. The van der Waals surface area contributed by atoms with Gasteiger partial charge in [0, 0.05) is 36.0 Å². The predicted octanol–water partition coefficient (Wildman–Crippen LogP) is 2.50. The fraction of sp³-hybridized carbons (Fsp3) is 0.400. The van der Waals surface area contributed by atoms with Crippen LogP contribution < -0.4 is 5.32 Å². The van der Waals surface area contributed by atoms with Gasteiger partial charge in [-0.1, -0.05) is 13.0 Å². The molecule has 0 spiro atoms. The van der Waals surface area contributed by atoms with E-state index >= 15 is 0 Å². The normalized spacial score (nSPS) is 20.6. The van der Waals surface area contributed by atoms with Crippen LogP contribution in [0, 0.1) is 5.92 Å². The van der Waals surface area contributed by atoms with Gasteiger partial charge in [-0.05, 0) is 30.9 Å². The summed E-state index contributed by atoms with van der Waals surface area (Å²) in [5, 5.41) is 9.96. The van der Waals surface area contributed by atoms with Crippen LogP contribution in [0.15, 0.2) is 30.5 Å². The van der Waals surface area contributed by atoms with E-state index in [4.69, 9.17) is 0 Å². The topological polar surface area (TPSA) is 70.7 Å². The van der Waals surface area contributed by atoms with Crippen LogP contribution in [0.3, 0.4) is 0 Å². The number of nitrogens with zero attached hydrogens (tertiary/aromatic N) is 2. The highest BCUT2D eigenvalue weighted by molar-refractivity contribution is 5.89. The second-order valence-corrected chi connectivity index (χ2v) is 5.40. The fourth-order valence-corrected chi connectivity index (χ4v) is 2.34. The number of anilines is 1. The van der Waals surface area contributed by atoms with Crippen LogP contribution in [0.25, 0.3) is 0 Å². The van der Waals surface area contributed by atoms with Gasteiger partial charge in [0.2, 0.25) is 5.91 Å². The molecule has 0 bridgehead atoms. The average molecular weight is 270 g/mol. The van der Waals surface area contributed by atoms with Gasteiger partial charge in [0.05, 0.1) is 0 Å². The Labute approximate surface area is 117 Å². The van der Waals surface area contributed by atoms with Crippen LogP contribution in [0.2, 0.25) is 0 Å². The summed E-state index contributed by atoms with van der Waals surface area (Å²) in [6.45, 7) is 2.22. The molecule has 1 saturated carbocycles. The largest absolute Gasteiger partial charge is 0.309 e. The van der Waals surface area contributed by atoms with E-state index < -0.39 is 0 Å². The van der Waals surface area contributed by atoms with Crippen LogP contribution in [-0.4, -0.2) is 21.1 Å². The van der Waals surface area contributed by atoms with Crippen LogP contribution in [0.5, 0.6) is 0 Å². The Bertz CT molecular complexity index is 593. The zero-order valence-electron chi connectivity index (χ0n) is 11.5. The van der Waals surface area contributed by atoms with E-state index in [-0.39, 0.29) is 5.91 Å². The number of aromatic nitrogens is 3. The van der Waals surface area contributed by atoms with E-state index in [0.29, 0.717) is 24.6 Å². The molecule has 2 N–H and O–H groups in total. The fourth-order valence-electron chi connectivity index (χ4n) is 2.34. The van der Waals surface area contributed by atoms with Gasteiger partial charge in [-0.2, -0.15) is 5.10 Å². The van der Waals surface area contributed by atoms with Crippen LogP contribution in [0.1, 0.15) is 37.1 Å². The summed E-state index contributed by atoms with van der Waals surface area (Å²) in [5.74, 6) is 1.90. The highest BCUT2D eigenvalue weighted by Gasteiger charge is 2.35. The molecule has 1 aliphatic rings. The third kappa shape index (κ3) is 3.04. The quantitative estimate of drug-likeness (QED) is 0.877. The summed E-state index contributed by atoms with van der Waals surface area (Å²) < 4.78 is 0. The standard InChI is InChI=1S/C15H18N4O/c1-10-8-12(10)13-9-14(19-18-13)17-15(20)6-5-11-4-2-3-7-16-11/h2-4,7,9-10,12H,5-6,8H2,1H3,(H2,17,18,19,20). The number of aryl methyl sites for hydroxylation is 1. The third-order valence-corrected chi connectivity index (χ3v) is 3.71. The molecule has 3 rings (SSSR count). The summed E-state index contributed by atoms with van der Waals surface area (Å²) in [4.78, 5) is 16.1. The minimum Gasteiger partial charge on any atom is -0.309 e. The van der Waals surface area contributed by atoms with Gasteiger partial charge >= 0.3 is 0 Å². The Morgan fingerprint density at radius 2 is 2.35 bits per heavy atom. The first-order valence-electron chi connectivity index (χ1n) is 6.97. The average Bonchev–Trinajstić information content (AvgIpc) is 3.01. The first kappa shape index (κ1) is 12.8. The summed E-state index contributed by atoms with van der Waals surface area (Å²) >= 11 is 0. The lowest BCUT2D eigenvalue weighted by molar-refractivity contribution is -0.116. The van der Waals surface area contributed by atoms with Gasteiger partial charge in [0.25, 0.3) is 0 Å². The number of rotatable bonds is 5. The second kappa shape index (κ2) is 5.45. The zero-order valence-corrected chi connectivity index (χ0v) is 11.5. The number of nitrogens with one attached hydrogen (secondary N) is 2. The van der Waals surface area contributed by atoms with Crippen molar-refractivity contribution in [2.75, 3.05) is 5.32 Å². The lowest BCUT2D eigenvalue weighted by atomic mass is 10.2. The SMILES string of the molecule is CC1CC1c1cc(NC(=O)CCc2ccccn2)n[nH]1. The number of carbonyl (C=O) groups excluding carboxylic acids is 1. The Morgan fingerprint density at radius 1 is 1.50 bits per heavy atom. The van der Waals surface area contributed by atoms with Crippen molar-refractivity contribution in [3.05, 3.63) is 41.9 Å². The Balaban J connectivity index is 1.50. The van der Waals surface area contributed by atoms with Crippen molar-refractivity contribution in [1.29, 1.82) is 0 Å². The zero-order chi connectivity index (χ0) is 13.9. The molecule has 0 saturated heterocycles. The van der Waals surface area contributed by atoms with E-state index in [2.05, 4.69) is 27.4 Å². The summed E-state index contributed by atoms with van der Waals surface area (Å²) in [7, 11) is 0. The van der Waals surface area contributed by atoms with Gasteiger partial charge in [-0.25, -0.2) is 0 Å². The van der Waals surface area contributed by atoms with Gasteiger partial charge in [-0.3, -0.25) is 14.9 Å². The predicted molar refractivity (Wildman–Crippen MR) is 76.3 cm³/mol. The molecule has 20 heavy (non-hydrogen) atoms. The minimum absolute atomic E-state index is 0.0300. The maximum atomic E-state index is 11.9. The molecule has 2 aromatic rings. The van der Waals surface area contributed by atoms with Gasteiger partial charge in [-0.15, -0.1) is 0 Å². The van der Waals surface area contributed by atoms with Gasteiger partial charge < -0.3 is 5.32 Å². The summed E-state index contributed by atoms with van der Waals surface area (Å²) in [6, 6.07) is 7.66. The molecular formula is C15H18N4O. The van der Waals surface area contributed by atoms with Crippen molar-refractivity contribution in [3.8, 4) is 0 Å². The molecule has 5 heteroatoms. The van der Waals surface area contributed by atoms with Crippen LogP contribution in [-0.2, 0) is 11.2 Å². The highest BCUT2D eigenvalue weighted by atomic mass is 16.1. The Kier molecular flexibility index (Phi) is 3.50. The molecule has 0 radical (unpaired) electrons. The Hall–Kier alpha value is -2.17. The van der Waals surface area contributed by atoms with Crippen molar-refractivity contribution in [3.63, 3.8) is 0 Å². The number of H-pyrrole nitrogens is 1. The maximum Gasteiger partial charge on any atom is 0.225 e. The van der Waals surface area contributed by atoms with Gasteiger partial charge in [0.1, 0.15) is 0 Å². The lowest BCUT2D eigenvalue weighted by Crippen LogP contribution is -2.12.